The molecule has 0 aliphatic carbocycles. The van der Waals surface area contributed by atoms with Gasteiger partial charge in [0.2, 0.25) is 11.7 Å². The number of carbonyl (C=O) groups is 1. The molecule has 0 saturated heterocycles. The summed E-state index contributed by atoms with van der Waals surface area (Å²) in [4.78, 5) is 13.5. The van der Waals surface area contributed by atoms with Gasteiger partial charge in [-0.25, -0.2) is 4.39 Å². The largest absolute Gasteiger partial charge is 0.490 e. The van der Waals surface area contributed by atoms with Crippen LogP contribution in [0.25, 0.3) is 11.4 Å². The van der Waals surface area contributed by atoms with Crippen LogP contribution in [0.5, 0.6) is 11.5 Å². The molecule has 8 nitrogen and oxygen atoms in total. The van der Waals surface area contributed by atoms with Gasteiger partial charge in [-0.1, -0.05) is 0 Å². The first-order chi connectivity index (χ1) is 13.6. The van der Waals surface area contributed by atoms with E-state index >= 15 is 0 Å². The normalized spacial score (nSPS) is 10.5. The van der Waals surface area contributed by atoms with Crippen molar-refractivity contribution in [3.8, 4) is 22.9 Å². The fraction of sp³-hybridized carbons (Fsp3) is 0.263. The highest BCUT2D eigenvalue weighted by Crippen LogP contribution is 2.30. The van der Waals surface area contributed by atoms with Gasteiger partial charge in [0.25, 0.3) is 0 Å². The molecule has 0 saturated carbocycles. The Labute approximate surface area is 161 Å². The van der Waals surface area contributed by atoms with E-state index in [-0.39, 0.29) is 18.3 Å². The fourth-order valence-corrected chi connectivity index (χ4v) is 2.48. The van der Waals surface area contributed by atoms with Gasteiger partial charge < -0.3 is 14.8 Å². The first kappa shape index (κ1) is 19.3. The molecule has 3 aromatic rings. The standard InChI is InChI=1S/C19H20FN5O3/c1-3-27-16-10-9-15(11-17(16)28-4-2)21-18(26)12-25-23-19(22-24-25)13-5-7-14(20)8-6-13/h5-11H,3-4,12H2,1-2H3,(H,21,26). The van der Waals surface area contributed by atoms with Crippen molar-refractivity contribution in [1.29, 1.82) is 0 Å². The maximum Gasteiger partial charge on any atom is 0.248 e. The molecule has 2 aromatic carbocycles. The van der Waals surface area contributed by atoms with E-state index in [2.05, 4.69) is 20.7 Å². The third-order valence-corrected chi connectivity index (χ3v) is 3.67. The lowest BCUT2D eigenvalue weighted by Gasteiger charge is -2.12. The van der Waals surface area contributed by atoms with Crippen LogP contribution in [0.4, 0.5) is 10.1 Å². The van der Waals surface area contributed by atoms with Crippen LogP contribution in [0.3, 0.4) is 0 Å². The molecule has 0 aliphatic rings. The van der Waals surface area contributed by atoms with Gasteiger partial charge >= 0.3 is 0 Å². The average Bonchev–Trinajstić information content (AvgIpc) is 3.13. The monoisotopic (exact) mass is 385 g/mol. The molecule has 0 bridgehead atoms. The molecule has 0 radical (unpaired) electrons. The topological polar surface area (TPSA) is 91.2 Å². The molecule has 0 unspecified atom stereocenters. The number of nitrogens with one attached hydrogen (secondary N) is 1. The van der Waals surface area contributed by atoms with E-state index in [0.29, 0.717) is 41.8 Å². The number of ether oxygens (including phenoxy) is 2. The molecule has 1 aromatic heterocycles. The zero-order valence-electron chi connectivity index (χ0n) is 15.6. The maximum absolute atomic E-state index is 13.0. The minimum Gasteiger partial charge on any atom is -0.490 e. The summed E-state index contributed by atoms with van der Waals surface area (Å²) >= 11 is 0. The minimum absolute atomic E-state index is 0.120. The highest BCUT2D eigenvalue weighted by atomic mass is 19.1. The van der Waals surface area contributed by atoms with Crippen LogP contribution in [0.2, 0.25) is 0 Å². The summed E-state index contributed by atoms with van der Waals surface area (Å²) in [7, 11) is 0. The number of halogens is 1. The predicted molar refractivity (Wildman–Crippen MR) is 101 cm³/mol. The van der Waals surface area contributed by atoms with Gasteiger partial charge in [0.05, 0.1) is 13.2 Å². The number of carbonyl (C=O) groups excluding carboxylic acids is 1. The lowest BCUT2D eigenvalue weighted by atomic mass is 10.2. The van der Waals surface area contributed by atoms with Crippen molar-refractivity contribution in [2.45, 2.75) is 20.4 Å². The van der Waals surface area contributed by atoms with Crippen LogP contribution in [-0.2, 0) is 11.3 Å². The van der Waals surface area contributed by atoms with E-state index in [0.717, 1.165) is 0 Å². The molecule has 1 N–H and O–H groups in total. The Kier molecular flexibility index (Phi) is 6.15. The van der Waals surface area contributed by atoms with Crippen LogP contribution in [0.15, 0.2) is 42.5 Å². The Morgan fingerprint density at radius 2 is 1.79 bits per heavy atom. The molecule has 9 heteroatoms. The summed E-state index contributed by atoms with van der Waals surface area (Å²) in [5.41, 5.74) is 1.18. The molecular weight excluding hydrogens is 365 g/mol. The van der Waals surface area contributed by atoms with E-state index in [1.807, 2.05) is 13.8 Å². The summed E-state index contributed by atoms with van der Waals surface area (Å²) in [5, 5.41) is 14.7. The second-order valence-electron chi connectivity index (χ2n) is 5.73. The molecule has 1 heterocycles. The van der Waals surface area contributed by atoms with Crippen LogP contribution >= 0.6 is 0 Å². The smallest absolute Gasteiger partial charge is 0.248 e. The Hall–Kier alpha value is -3.49. The number of benzene rings is 2. The summed E-state index contributed by atoms with van der Waals surface area (Å²) in [5.74, 6) is 0.809. The van der Waals surface area contributed by atoms with E-state index < -0.39 is 0 Å². The van der Waals surface area contributed by atoms with E-state index in [4.69, 9.17) is 9.47 Å². The molecule has 0 spiro atoms. The Balaban J connectivity index is 1.65. The lowest BCUT2D eigenvalue weighted by molar-refractivity contribution is -0.117. The fourth-order valence-electron chi connectivity index (χ4n) is 2.48. The van der Waals surface area contributed by atoms with Crippen molar-refractivity contribution < 1.29 is 18.7 Å². The van der Waals surface area contributed by atoms with Crippen molar-refractivity contribution in [3.63, 3.8) is 0 Å². The first-order valence-corrected chi connectivity index (χ1v) is 8.82. The molecule has 0 atom stereocenters. The number of rotatable bonds is 8. The van der Waals surface area contributed by atoms with Gasteiger partial charge in [-0.3, -0.25) is 4.79 Å². The summed E-state index contributed by atoms with van der Waals surface area (Å²) in [6.07, 6.45) is 0. The lowest BCUT2D eigenvalue weighted by Crippen LogP contribution is -2.20. The number of anilines is 1. The average molecular weight is 385 g/mol. The third kappa shape index (κ3) is 4.81. The van der Waals surface area contributed by atoms with Crippen LogP contribution < -0.4 is 14.8 Å². The molecular formula is C19H20FN5O3. The van der Waals surface area contributed by atoms with Crippen molar-refractivity contribution >= 4 is 11.6 Å². The van der Waals surface area contributed by atoms with E-state index in [9.17, 15) is 9.18 Å². The molecule has 3 rings (SSSR count). The van der Waals surface area contributed by atoms with Gasteiger partial charge in [-0.2, -0.15) is 4.80 Å². The zero-order chi connectivity index (χ0) is 19.9. The third-order valence-electron chi connectivity index (χ3n) is 3.67. The Morgan fingerprint density at radius 1 is 1.07 bits per heavy atom. The number of hydrogen-bond acceptors (Lipinski definition) is 6. The quantitative estimate of drug-likeness (QED) is 0.641. The van der Waals surface area contributed by atoms with Crippen molar-refractivity contribution in [2.75, 3.05) is 18.5 Å². The molecule has 1 amide bonds. The van der Waals surface area contributed by atoms with Gasteiger partial charge in [0, 0.05) is 17.3 Å². The van der Waals surface area contributed by atoms with Crippen LogP contribution in [-0.4, -0.2) is 39.3 Å². The molecule has 0 aliphatic heterocycles. The highest BCUT2D eigenvalue weighted by Gasteiger charge is 2.12. The molecule has 0 fully saturated rings. The van der Waals surface area contributed by atoms with Crippen molar-refractivity contribution in [3.05, 3.63) is 48.3 Å². The van der Waals surface area contributed by atoms with E-state index in [1.54, 1.807) is 30.3 Å². The van der Waals surface area contributed by atoms with Crippen LogP contribution in [0.1, 0.15) is 13.8 Å². The Morgan fingerprint density at radius 3 is 2.50 bits per heavy atom. The Bertz CT molecular complexity index is 943. The number of tetrazole rings is 1. The first-order valence-electron chi connectivity index (χ1n) is 8.82. The second-order valence-corrected chi connectivity index (χ2v) is 5.73. The number of hydrogen-bond donors (Lipinski definition) is 1. The molecule has 146 valence electrons. The summed E-state index contributed by atoms with van der Waals surface area (Å²) in [6, 6.07) is 10.9. The number of aromatic nitrogens is 4. The maximum atomic E-state index is 13.0. The zero-order valence-corrected chi connectivity index (χ0v) is 15.6. The number of nitrogens with zero attached hydrogens (tertiary/aromatic N) is 4. The number of amides is 1. The summed E-state index contributed by atoms with van der Waals surface area (Å²) < 4.78 is 24.1. The van der Waals surface area contributed by atoms with Crippen molar-refractivity contribution in [2.24, 2.45) is 0 Å². The van der Waals surface area contributed by atoms with Gasteiger partial charge in [-0.15, -0.1) is 10.2 Å². The van der Waals surface area contributed by atoms with Gasteiger partial charge in [-0.05, 0) is 55.5 Å². The molecule has 28 heavy (non-hydrogen) atoms. The second kappa shape index (κ2) is 8.94. The van der Waals surface area contributed by atoms with Gasteiger partial charge in [0.15, 0.2) is 11.5 Å². The summed E-state index contributed by atoms with van der Waals surface area (Å²) in [6.45, 7) is 4.63. The predicted octanol–water partition coefficient (Wildman–Crippen LogP) is 2.92. The minimum atomic E-state index is -0.350. The van der Waals surface area contributed by atoms with Gasteiger partial charge in [0.1, 0.15) is 12.4 Å². The SMILES string of the molecule is CCOc1ccc(NC(=O)Cn2nnc(-c3ccc(F)cc3)n2)cc1OCC. The van der Waals surface area contributed by atoms with Crippen molar-refractivity contribution in [1.82, 2.24) is 20.2 Å². The highest BCUT2D eigenvalue weighted by molar-refractivity contribution is 5.90. The van der Waals surface area contributed by atoms with E-state index in [1.165, 1.54) is 16.9 Å². The van der Waals surface area contributed by atoms with Crippen LogP contribution in [0, 0.1) is 5.82 Å².